The van der Waals surface area contributed by atoms with Crippen molar-refractivity contribution in [2.24, 2.45) is 0 Å². The van der Waals surface area contributed by atoms with Gasteiger partial charge in [0, 0.05) is 44.3 Å². The number of anilines is 2. The van der Waals surface area contributed by atoms with Crippen molar-refractivity contribution in [2.45, 2.75) is 40.3 Å². The van der Waals surface area contributed by atoms with Gasteiger partial charge < -0.3 is 14.8 Å². The van der Waals surface area contributed by atoms with E-state index in [1.54, 1.807) is 18.5 Å². The molecular formula is C26H31F2N9. The van der Waals surface area contributed by atoms with E-state index in [0.717, 1.165) is 45.0 Å². The van der Waals surface area contributed by atoms with Crippen molar-refractivity contribution in [1.29, 1.82) is 0 Å². The number of nitrogens with one attached hydrogen (secondary N) is 1. The summed E-state index contributed by atoms with van der Waals surface area (Å²) in [6.45, 7) is 13.9. The number of nitrogens with zero attached hydrogens (tertiary/aromatic N) is 8. The van der Waals surface area contributed by atoms with Crippen molar-refractivity contribution in [3.8, 4) is 11.3 Å². The number of aryl methyl sites for hydroxylation is 1. The number of fused-ring (bicyclic) bond motifs is 1. The minimum Gasteiger partial charge on any atom is -0.326 e. The quantitative estimate of drug-likeness (QED) is 0.396. The van der Waals surface area contributed by atoms with Crippen molar-refractivity contribution >= 4 is 22.7 Å². The highest BCUT2D eigenvalue weighted by atomic mass is 19.1. The molecule has 0 radical (unpaired) electrons. The largest absolute Gasteiger partial charge is 0.326 e. The second-order valence-corrected chi connectivity index (χ2v) is 9.56. The Kier molecular flexibility index (Phi) is 7.07. The zero-order valence-corrected chi connectivity index (χ0v) is 21.5. The first-order valence-corrected chi connectivity index (χ1v) is 12.6. The van der Waals surface area contributed by atoms with E-state index < -0.39 is 11.6 Å². The van der Waals surface area contributed by atoms with Gasteiger partial charge >= 0.3 is 0 Å². The van der Waals surface area contributed by atoms with E-state index in [9.17, 15) is 4.39 Å². The van der Waals surface area contributed by atoms with Gasteiger partial charge in [-0.15, -0.1) is 0 Å². The van der Waals surface area contributed by atoms with Crippen molar-refractivity contribution < 1.29 is 8.78 Å². The molecule has 0 aliphatic carbocycles. The zero-order chi connectivity index (χ0) is 26.1. The Morgan fingerprint density at radius 1 is 0.973 bits per heavy atom. The summed E-state index contributed by atoms with van der Waals surface area (Å²) in [5, 5.41) is 2.88. The summed E-state index contributed by atoms with van der Waals surface area (Å²) in [4.78, 5) is 26.1. The fourth-order valence-corrected chi connectivity index (χ4v) is 4.83. The average Bonchev–Trinajstić information content (AvgIpc) is 3.23. The van der Waals surface area contributed by atoms with Gasteiger partial charge in [0.2, 0.25) is 0 Å². The molecule has 4 heterocycles. The van der Waals surface area contributed by atoms with Crippen molar-refractivity contribution in [2.75, 3.05) is 38.0 Å². The van der Waals surface area contributed by atoms with Gasteiger partial charge in [0.15, 0.2) is 17.5 Å². The molecule has 5 rings (SSSR count). The van der Waals surface area contributed by atoms with Crippen LogP contribution in [-0.2, 0) is 6.54 Å². The summed E-state index contributed by atoms with van der Waals surface area (Å²) in [5.74, 6) is -0.236. The van der Waals surface area contributed by atoms with Crippen LogP contribution >= 0.6 is 0 Å². The summed E-state index contributed by atoms with van der Waals surface area (Å²) in [6.07, 6.45) is 4.49. The molecule has 3 aromatic heterocycles. The lowest BCUT2D eigenvalue weighted by Crippen LogP contribution is -2.45. The maximum absolute atomic E-state index is 15.5. The van der Waals surface area contributed by atoms with E-state index >= 15 is 4.39 Å². The Morgan fingerprint density at radius 3 is 2.41 bits per heavy atom. The minimum atomic E-state index is -0.701. The van der Waals surface area contributed by atoms with E-state index in [1.165, 1.54) is 12.4 Å². The molecule has 1 aliphatic heterocycles. The van der Waals surface area contributed by atoms with Gasteiger partial charge in [-0.05, 0) is 39.4 Å². The number of aromatic nitrogens is 6. The van der Waals surface area contributed by atoms with Crippen LogP contribution in [0.4, 0.5) is 20.4 Å². The Hall–Kier alpha value is -3.57. The number of hydrogen-bond donors (Lipinski definition) is 1. The Morgan fingerprint density at radius 2 is 1.73 bits per heavy atom. The van der Waals surface area contributed by atoms with Crippen molar-refractivity contribution in [3.05, 3.63) is 54.0 Å². The smallest absolute Gasteiger partial charge is 0.192 e. The van der Waals surface area contributed by atoms with Crippen molar-refractivity contribution in [3.63, 3.8) is 0 Å². The Bertz CT molecular complexity index is 1390. The van der Waals surface area contributed by atoms with Crippen LogP contribution in [0.15, 0.2) is 30.9 Å². The summed E-state index contributed by atoms with van der Waals surface area (Å²) in [7, 11) is 0. The highest BCUT2D eigenvalue weighted by Gasteiger charge is 2.20. The molecule has 4 aromatic rings. The molecule has 0 bridgehead atoms. The van der Waals surface area contributed by atoms with Crippen LogP contribution in [0.1, 0.15) is 38.3 Å². The van der Waals surface area contributed by atoms with E-state index in [-0.39, 0.29) is 23.1 Å². The van der Waals surface area contributed by atoms with Crippen molar-refractivity contribution in [1.82, 2.24) is 39.3 Å². The van der Waals surface area contributed by atoms with Gasteiger partial charge in [0.25, 0.3) is 0 Å². The fraction of sp³-hybridized carbons (Fsp3) is 0.423. The van der Waals surface area contributed by atoms with Gasteiger partial charge in [-0.25, -0.2) is 28.7 Å². The predicted molar refractivity (Wildman–Crippen MR) is 139 cm³/mol. The first kappa shape index (κ1) is 25.1. The average molecular weight is 508 g/mol. The van der Waals surface area contributed by atoms with Gasteiger partial charge in [-0.3, -0.25) is 9.88 Å². The van der Waals surface area contributed by atoms with E-state index in [4.69, 9.17) is 0 Å². The van der Waals surface area contributed by atoms with E-state index in [1.807, 2.05) is 25.3 Å². The molecule has 1 saturated heterocycles. The maximum atomic E-state index is 15.5. The lowest BCUT2D eigenvalue weighted by molar-refractivity contribution is 0.130. The highest BCUT2D eigenvalue weighted by Crippen LogP contribution is 2.31. The van der Waals surface area contributed by atoms with E-state index in [0.29, 0.717) is 22.7 Å². The number of halogens is 2. The molecule has 1 aromatic carbocycles. The van der Waals surface area contributed by atoms with Gasteiger partial charge in [0.05, 0.1) is 23.6 Å². The third-order valence-corrected chi connectivity index (χ3v) is 6.75. The summed E-state index contributed by atoms with van der Waals surface area (Å²) in [5.41, 5.74) is 1.99. The zero-order valence-electron chi connectivity index (χ0n) is 21.5. The second kappa shape index (κ2) is 10.4. The number of piperazine rings is 1. The highest BCUT2D eigenvalue weighted by molar-refractivity contribution is 5.83. The number of likely N-dealkylation sites (N-methyl/N-ethyl adjacent to an activating group) is 1. The van der Waals surface area contributed by atoms with Gasteiger partial charge in [-0.2, -0.15) is 0 Å². The molecule has 1 N–H and O–H groups in total. The molecule has 0 saturated carbocycles. The number of benzene rings is 1. The topological polar surface area (TPSA) is 87.9 Å². The standard InChI is InChI=1S/C26H31F2N9/c1-5-35-6-8-36(9-7-35)14-19-12-30-22(13-29-19)34-26-23(28)24(31-15-32-26)18-10-20(27)25-21(11-18)37(16(2)3)17(4)33-25/h10-13,15-16H,5-9,14H2,1-4H3,(H,30,31,32,34). The molecule has 194 valence electrons. The fourth-order valence-electron chi connectivity index (χ4n) is 4.83. The second-order valence-electron chi connectivity index (χ2n) is 9.56. The molecule has 37 heavy (non-hydrogen) atoms. The van der Waals surface area contributed by atoms with Crippen LogP contribution in [0.3, 0.4) is 0 Å². The molecule has 0 amide bonds. The first-order valence-electron chi connectivity index (χ1n) is 12.6. The monoisotopic (exact) mass is 507 g/mol. The minimum absolute atomic E-state index is 0.0109. The molecule has 9 nitrogen and oxygen atoms in total. The third-order valence-electron chi connectivity index (χ3n) is 6.75. The maximum Gasteiger partial charge on any atom is 0.192 e. The molecule has 0 atom stereocenters. The lowest BCUT2D eigenvalue weighted by atomic mass is 10.1. The molecule has 1 fully saturated rings. The van der Waals surface area contributed by atoms with Crippen LogP contribution in [0.25, 0.3) is 22.3 Å². The molecule has 0 unspecified atom stereocenters. The van der Waals surface area contributed by atoms with Crippen LogP contribution in [0, 0.1) is 18.6 Å². The van der Waals surface area contributed by atoms with E-state index in [2.05, 4.69) is 47.0 Å². The molecule has 0 spiro atoms. The summed E-state index contributed by atoms with van der Waals surface area (Å²) in [6, 6.07) is 3.03. The normalized spacial score (nSPS) is 15.1. The van der Waals surface area contributed by atoms with Crippen LogP contribution in [-0.4, -0.2) is 72.0 Å². The number of rotatable bonds is 7. The van der Waals surface area contributed by atoms with Gasteiger partial charge in [-0.1, -0.05) is 6.92 Å². The number of hydrogen-bond acceptors (Lipinski definition) is 8. The first-order chi connectivity index (χ1) is 17.8. The van der Waals surface area contributed by atoms with Crippen LogP contribution in [0.5, 0.6) is 0 Å². The predicted octanol–water partition coefficient (Wildman–Crippen LogP) is 4.33. The summed E-state index contributed by atoms with van der Waals surface area (Å²) >= 11 is 0. The molecular weight excluding hydrogens is 476 g/mol. The lowest BCUT2D eigenvalue weighted by Gasteiger charge is -2.33. The van der Waals surface area contributed by atoms with Crippen LogP contribution in [0.2, 0.25) is 0 Å². The molecule has 1 aliphatic rings. The Labute approximate surface area is 214 Å². The third kappa shape index (κ3) is 5.14. The number of imidazole rings is 1. The SMILES string of the molecule is CCN1CCN(Cc2cnc(Nc3ncnc(-c4cc(F)c5nc(C)n(C(C)C)c5c4)c3F)cn2)CC1. The Balaban J connectivity index is 1.36. The van der Waals surface area contributed by atoms with Crippen LogP contribution < -0.4 is 5.32 Å². The molecule has 11 heteroatoms. The summed E-state index contributed by atoms with van der Waals surface area (Å²) < 4.78 is 32.3. The van der Waals surface area contributed by atoms with Gasteiger partial charge in [0.1, 0.15) is 29.2 Å².